The van der Waals surface area contributed by atoms with Crippen LogP contribution in [0.15, 0.2) is 79.0 Å². The summed E-state index contributed by atoms with van der Waals surface area (Å²) in [5, 5.41) is 14.2. The highest BCUT2D eigenvalue weighted by Crippen LogP contribution is 2.31. The van der Waals surface area contributed by atoms with Crippen molar-refractivity contribution >= 4 is 28.3 Å². The number of nitrogens with zero attached hydrogens (tertiary/aromatic N) is 3. The van der Waals surface area contributed by atoms with Crippen LogP contribution in [0.4, 0.5) is 11.5 Å². The minimum absolute atomic E-state index is 0.0501. The number of hydrogen-bond acceptors (Lipinski definition) is 7. The van der Waals surface area contributed by atoms with Gasteiger partial charge in [-0.15, -0.1) is 0 Å². The predicted molar refractivity (Wildman–Crippen MR) is 152 cm³/mol. The van der Waals surface area contributed by atoms with Gasteiger partial charge in [-0.2, -0.15) is 5.10 Å². The van der Waals surface area contributed by atoms with Crippen molar-refractivity contribution in [1.82, 2.24) is 25.5 Å². The van der Waals surface area contributed by atoms with Crippen molar-refractivity contribution < 1.29 is 14.3 Å². The Morgan fingerprint density at radius 2 is 1.74 bits per heavy atom. The largest absolute Gasteiger partial charge is 0.494 e. The van der Waals surface area contributed by atoms with Gasteiger partial charge in [-0.3, -0.25) is 9.89 Å². The van der Waals surface area contributed by atoms with E-state index >= 15 is 0 Å². The summed E-state index contributed by atoms with van der Waals surface area (Å²) in [6.07, 6.45) is 1.80. The number of carbonyl (C=O) groups excluding carboxylic acids is 1. The van der Waals surface area contributed by atoms with Crippen molar-refractivity contribution in [2.75, 3.05) is 18.5 Å². The van der Waals surface area contributed by atoms with Crippen LogP contribution in [0.1, 0.15) is 20.8 Å². The fourth-order valence-electron chi connectivity index (χ4n) is 4.11. The summed E-state index contributed by atoms with van der Waals surface area (Å²) in [5.41, 5.74) is 4.29. The van der Waals surface area contributed by atoms with Gasteiger partial charge in [0.1, 0.15) is 17.3 Å². The smallest absolute Gasteiger partial charge is 0.258 e. The SMILES string of the molecule is CCOc1ccc2nc(-c3cccc(OCC(=O)NC(C)C)c3)nc(Nc3ccc(-c4cc[nH]n4)cc3)c2c1. The summed E-state index contributed by atoms with van der Waals surface area (Å²) in [6, 6.07) is 23.1. The van der Waals surface area contributed by atoms with Gasteiger partial charge in [0.05, 0.1) is 17.8 Å². The Balaban J connectivity index is 1.47. The van der Waals surface area contributed by atoms with Gasteiger partial charge in [-0.05, 0) is 69.3 Å². The number of anilines is 2. The molecule has 0 aliphatic rings. The zero-order valence-electron chi connectivity index (χ0n) is 22.1. The molecule has 1 amide bonds. The molecule has 198 valence electrons. The molecule has 9 nitrogen and oxygen atoms in total. The minimum atomic E-state index is -0.174. The molecule has 0 saturated carbocycles. The molecule has 0 saturated heterocycles. The zero-order chi connectivity index (χ0) is 27.2. The van der Waals surface area contributed by atoms with E-state index in [2.05, 4.69) is 20.8 Å². The molecular formula is C30H30N6O3. The highest BCUT2D eigenvalue weighted by molar-refractivity contribution is 5.93. The molecule has 0 spiro atoms. The third kappa shape index (κ3) is 6.32. The van der Waals surface area contributed by atoms with Crippen LogP contribution in [0.2, 0.25) is 0 Å². The van der Waals surface area contributed by atoms with Crippen LogP contribution in [-0.2, 0) is 4.79 Å². The van der Waals surface area contributed by atoms with Gasteiger partial charge in [-0.1, -0.05) is 24.3 Å². The molecule has 0 atom stereocenters. The second kappa shape index (κ2) is 11.6. The minimum Gasteiger partial charge on any atom is -0.494 e. The number of amides is 1. The van der Waals surface area contributed by atoms with Crippen LogP contribution in [0, 0.1) is 0 Å². The van der Waals surface area contributed by atoms with Crippen molar-refractivity contribution in [2.45, 2.75) is 26.8 Å². The summed E-state index contributed by atoms with van der Waals surface area (Å²) >= 11 is 0. The first kappa shape index (κ1) is 25.7. The van der Waals surface area contributed by atoms with Crippen molar-refractivity contribution in [3.05, 3.63) is 79.0 Å². The number of carbonyl (C=O) groups is 1. The maximum Gasteiger partial charge on any atom is 0.258 e. The number of rotatable bonds is 10. The molecule has 0 fully saturated rings. The molecule has 5 rings (SSSR count). The van der Waals surface area contributed by atoms with E-state index in [1.54, 1.807) is 6.20 Å². The fraction of sp³-hybridized carbons (Fsp3) is 0.200. The number of aromatic amines is 1. The van der Waals surface area contributed by atoms with E-state index < -0.39 is 0 Å². The van der Waals surface area contributed by atoms with Gasteiger partial charge in [0.15, 0.2) is 12.4 Å². The Hall–Kier alpha value is -4.92. The highest BCUT2D eigenvalue weighted by atomic mass is 16.5. The van der Waals surface area contributed by atoms with Crippen molar-refractivity contribution in [3.63, 3.8) is 0 Å². The van der Waals surface area contributed by atoms with Gasteiger partial charge in [-0.25, -0.2) is 9.97 Å². The standard InChI is InChI=1S/C30H30N6O3/c1-4-38-24-12-13-27-25(17-24)30(33-22-10-8-20(9-11-22)26-14-15-31-36-26)35-29(34-27)21-6-5-7-23(16-21)39-18-28(37)32-19(2)3/h5-17,19H,4,18H2,1-3H3,(H,31,36)(H,32,37)(H,33,34,35). The average molecular weight is 523 g/mol. The molecule has 0 bridgehead atoms. The van der Waals surface area contributed by atoms with E-state index in [9.17, 15) is 4.79 Å². The molecule has 39 heavy (non-hydrogen) atoms. The van der Waals surface area contributed by atoms with Gasteiger partial charge in [0, 0.05) is 34.4 Å². The highest BCUT2D eigenvalue weighted by Gasteiger charge is 2.13. The maximum absolute atomic E-state index is 12.0. The van der Waals surface area contributed by atoms with Crippen LogP contribution >= 0.6 is 0 Å². The predicted octanol–water partition coefficient (Wildman–Crippen LogP) is 5.73. The second-order valence-corrected chi connectivity index (χ2v) is 9.21. The van der Waals surface area contributed by atoms with Crippen molar-refractivity contribution in [3.8, 4) is 34.1 Å². The molecule has 2 aromatic heterocycles. The van der Waals surface area contributed by atoms with Crippen LogP contribution in [0.5, 0.6) is 11.5 Å². The normalized spacial score (nSPS) is 11.0. The molecule has 2 heterocycles. The van der Waals surface area contributed by atoms with Gasteiger partial charge >= 0.3 is 0 Å². The van der Waals surface area contributed by atoms with Crippen molar-refractivity contribution in [1.29, 1.82) is 0 Å². The summed E-state index contributed by atoms with van der Waals surface area (Å²) in [6.45, 7) is 6.26. The van der Waals surface area contributed by atoms with Crippen LogP contribution in [0.25, 0.3) is 33.5 Å². The van der Waals surface area contributed by atoms with Gasteiger partial charge < -0.3 is 20.1 Å². The third-order valence-electron chi connectivity index (χ3n) is 5.83. The summed E-state index contributed by atoms with van der Waals surface area (Å²) in [5.74, 6) is 2.30. The third-order valence-corrected chi connectivity index (χ3v) is 5.83. The second-order valence-electron chi connectivity index (χ2n) is 9.21. The summed E-state index contributed by atoms with van der Waals surface area (Å²) in [7, 11) is 0. The Morgan fingerprint density at radius 3 is 2.49 bits per heavy atom. The molecule has 0 unspecified atom stereocenters. The van der Waals surface area contributed by atoms with Gasteiger partial charge in [0.2, 0.25) is 0 Å². The van der Waals surface area contributed by atoms with Crippen molar-refractivity contribution in [2.24, 2.45) is 0 Å². The van der Waals surface area contributed by atoms with Crippen LogP contribution < -0.4 is 20.1 Å². The summed E-state index contributed by atoms with van der Waals surface area (Å²) in [4.78, 5) is 21.7. The number of benzene rings is 3. The van der Waals surface area contributed by atoms with E-state index in [1.807, 2.05) is 93.6 Å². The van der Waals surface area contributed by atoms with E-state index in [0.717, 1.165) is 39.2 Å². The lowest BCUT2D eigenvalue weighted by Gasteiger charge is -2.14. The molecule has 0 radical (unpaired) electrons. The lowest BCUT2D eigenvalue weighted by atomic mass is 10.1. The Morgan fingerprint density at radius 1 is 0.923 bits per heavy atom. The zero-order valence-corrected chi connectivity index (χ0v) is 22.1. The van der Waals surface area contributed by atoms with E-state index in [1.165, 1.54) is 0 Å². The first-order valence-corrected chi connectivity index (χ1v) is 12.8. The molecule has 3 N–H and O–H groups in total. The van der Waals surface area contributed by atoms with E-state index in [0.29, 0.717) is 24.0 Å². The number of fused-ring (bicyclic) bond motifs is 1. The molecular weight excluding hydrogens is 492 g/mol. The monoisotopic (exact) mass is 522 g/mol. The number of aromatic nitrogens is 4. The Bertz CT molecular complexity index is 1570. The number of hydrogen-bond donors (Lipinski definition) is 3. The lowest BCUT2D eigenvalue weighted by Crippen LogP contribution is -2.34. The Kier molecular flexibility index (Phi) is 7.68. The van der Waals surface area contributed by atoms with Crippen LogP contribution in [0.3, 0.4) is 0 Å². The van der Waals surface area contributed by atoms with E-state index in [-0.39, 0.29) is 18.6 Å². The quantitative estimate of drug-likeness (QED) is 0.215. The number of nitrogens with one attached hydrogen (secondary N) is 3. The molecule has 3 aromatic carbocycles. The van der Waals surface area contributed by atoms with Crippen LogP contribution in [-0.4, -0.2) is 45.3 Å². The molecule has 9 heteroatoms. The van der Waals surface area contributed by atoms with E-state index in [4.69, 9.17) is 19.4 Å². The van der Waals surface area contributed by atoms with Gasteiger partial charge in [0.25, 0.3) is 5.91 Å². The maximum atomic E-state index is 12.0. The summed E-state index contributed by atoms with van der Waals surface area (Å²) < 4.78 is 11.5. The topological polar surface area (TPSA) is 114 Å². The molecule has 0 aliphatic heterocycles. The average Bonchev–Trinajstić information content (AvgIpc) is 3.48. The number of ether oxygens (including phenoxy) is 2. The first-order chi connectivity index (χ1) is 19.0. The molecule has 0 aliphatic carbocycles. The fourth-order valence-corrected chi connectivity index (χ4v) is 4.11. The lowest BCUT2D eigenvalue weighted by molar-refractivity contribution is -0.123. The number of H-pyrrole nitrogens is 1. The first-order valence-electron chi connectivity index (χ1n) is 12.8. The molecule has 5 aromatic rings. The Labute approximate surface area is 226 Å².